The number of amides is 1. The lowest BCUT2D eigenvalue weighted by Crippen LogP contribution is -2.14. The topological polar surface area (TPSA) is 38.3 Å². The Morgan fingerprint density at radius 1 is 1.19 bits per heavy atom. The predicted octanol–water partition coefficient (Wildman–Crippen LogP) is 3.88. The largest absolute Gasteiger partial charge is 0.497 e. The van der Waals surface area contributed by atoms with Crippen molar-refractivity contribution in [3.05, 3.63) is 59.7 Å². The van der Waals surface area contributed by atoms with Gasteiger partial charge in [-0.05, 0) is 30.2 Å². The average molecular weight is 301 g/mol. The standard InChI is InChI=1S/C17H19NO2S/c1-13-6-3-4-7-14(13)11-21-12-17(19)18-15-8-5-9-16(10-15)20-2/h3-10H,11-12H2,1-2H3,(H,18,19). The van der Waals surface area contributed by atoms with Crippen LogP contribution in [0.25, 0.3) is 0 Å². The van der Waals surface area contributed by atoms with Gasteiger partial charge in [0.2, 0.25) is 5.91 Å². The molecule has 110 valence electrons. The molecule has 0 radical (unpaired) electrons. The molecule has 0 unspecified atom stereocenters. The number of aryl methyl sites for hydroxylation is 1. The van der Waals surface area contributed by atoms with Gasteiger partial charge in [-0.2, -0.15) is 0 Å². The second-order valence-corrected chi connectivity index (χ2v) is 5.69. The Labute approximate surface area is 129 Å². The molecule has 0 saturated heterocycles. The van der Waals surface area contributed by atoms with Crippen LogP contribution < -0.4 is 10.1 Å². The SMILES string of the molecule is COc1cccc(NC(=O)CSCc2ccccc2C)c1. The van der Waals surface area contributed by atoms with Gasteiger partial charge < -0.3 is 10.1 Å². The first kappa shape index (κ1) is 15.4. The Bertz CT molecular complexity index is 613. The van der Waals surface area contributed by atoms with E-state index >= 15 is 0 Å². The number of methoxy groups -OCH3 is 1. The fraction of sp³-hybridized carbons (Fsp3) is 0.235. The van der Waals surface area contributed by atoms with Crippen LogP contribution in [0.1, 0.15) is 11.1 Å². The summed E-state index contributed by atoms with van der Waals surface area (Å²) in [4.78, 5) is 11.9. The van der Waals surface area contributed by atoms with Crippen LogP contribution in [-0.2, 0) is 10.5 Å². The van der Waals surface area contributed by atoms with Gasteiger partial charge in [-0.1, -0.05) is 30.3 Å². The minimum Gasteiger partial charge on any atom is -0.497 e. The fourth-order valence-electron chi connectivity index (χ4n) is 1.92. The van der Waals surface area contributed by atoms with Gasteiger partial charge in [0.1, 0.15) is 5.75 Å². The summed E-state index contributed by atoms with van der Waals surface area (Å²) in [6.07, 6.45) is 0. The van der Waals surface area contributed by atoms with E-state index in [2.05, 4.69) is 24.4 Å². The molecule has 0 aliphatic rings. The quantitative estimate of drug-likeness (QED) is 0.880. The summed E-state index contributed by atoms with van der Waals surface area (Å²) in [5, 5.41) is 2.88. The summed E-state index contributed by atoms with van der Waals surface area (Å²) in [7, 11) is 1.61. The molecule has 3 nitrogen and oxygen atoms in total. The van der Waals surface area contributed by atoms with E-state index in [9.17, 15) is 4.79 Å². The molecular weight excluding hydrogens is 282 g/mol. The zero-order valence-electron chi connectivity index (χ0n) is 12.3. The smallest absolute Gasteiger partial charge is 0.234 e. The van der Waals surface area contributed by atoms with Crippen molar-refractivity contribution in [1.29, 1.82) is 0 Å². The Morgan fingerprint density at radius 2 is 2.00 bits per heavy atom. The van der Waals surface area contributed by atoms with Crippen LogP contribution in [0.5, 0.6) is 5.75 Å². The lowest BCUT2D eigenvalue weighted by atomic mass is 10.1. The first-order valence-corrected chi connectivity index (χ1v) is 7.90. The molecule has 0 atom stereocenters. The molecule has 21 heavy (non-hydrogen) atoms. The minimum atomic E-state index is 0.00170. The van der Waals surface area contributed by atoms with Crippen molar-refractivity contribution in [2.45, 2.75) is 12.7 Å². The maximum atomic E-state index is 11.9. The first-order chi connectivity index (χ1) is 10.2. The molecule has 1 amide bonds. The number of carbonyl (C=O) groups is 1. The van der Waals surface area contributed by atoms with Crippen molar-refractivity contribution < 1.29 is 9.53 Å². The molecule has 0 aliphatic carbocycles. The summed E-state index contributed by atoms with van der Waals surface area (Å²) in [6.45, 7) is 2.09. The monoisotopic (exact) mass is 301 g/mol. The van der Waals surface area contributed by atoms with E-state index < -0.39 is 0 Å². The normalized spacial score (nSPS) is 10.2. The number of benzene rings is 2. The number of ether oxygens (including phenoxy) is 1. The van der Waals surface area contributed by atoms with Gasteiger partial charge in [-0.15, -0.1) is 11.8 Å². The molecule has 2 rings (SSSR count). The van der Waals surface area contributed by atoms with E-state index in [1.807, 2.05) is 36.4 Å². The Hall–Kier alpha value is -1.94. The maximum absolute atomic E-state index is 11.9. The Balaban J connectivity index is 1.81. The number of nitrogens with one attached hydrogen (secondary N) is 1. The third-order valence-electron chi connectivity index (χ3n) is 3.11. The van der Waals surface area contributed by atoms with Gasteiger partial charge in [0, 0.05) is 17.5 Å². The second-order valence-electron chi connectivity index (χ2n) is 4.70. The van der Waals surface area contributed by atoms with Gasteiger partial charge in [-0.3, -0.25) is 4.79 Å². The third-order valence-corrected chi connectivity index (χ3v) is 4.09. The van der Waals surface area contributed by atoms with E-state index in [-0.39, 0.29) is 5.91 Å². The van der Waals surface area contributed by atoms with Gasteiger partial charge in [0.25, 0.3) is 0 Å². The van der Waals surface area contributed by atoms with Gasteiger partial charge in [0.15, 0.2) is 0 Å². The second kappa shape index (κ2) is 7.74. The van der Waals surface area contributed by atoms with Crippen LogP contribution in [-0.4, -0.2) is 18.8 Å². The summed E-state index contributed by atoms with van der Waals surface area (Å²) in [5.74, 6) is 2.02. The van der Waals surface area contributed by atoms with Crippen LogP contribution in [0, 0.1) is 6.92 Å². The zero-order valence-corrected chi connectivity index (χ0v) is 13.1. The minimum absolute atomic E-state index is 0.00170. The predicted molar refractivity (Wildman–Crippen MR) is 89.0 cm³/mol. The van der Waals surface area contributed by atoms with E-state index in [1.54, 1.807) is 18.9 Å². The highest BCUT2D eigenvalue weighted by atomic mass is 32.2. The lowest BCUT2D eigenvalue weighted by Gasteiger charge is -2.08. The molecule has 2 aromatic carbocycles. The summed E-state index contributed by atoms with van der Waals surface area (Å²) < 4.78 is 5.13. The highest BCUT2D eigenvalue weighted by Gasteiger charge is 2.04. The number of carbonyl (C=O) groups excluding carboxylic acids is 1. The molecule has 1 N–H and O–H groups in total. The van der Waals surface area contributed by atoms with E-state index in [4.69, 9.17) is 4.74 Å². The van der Waals surface area contributed by atoms with Gasteiger partial charge in [0.05, 0.1) is 12.9 Å². The van der Waals surface area contributed by atoms with Gasteiger partial charge >= 0.3 is 0 Å². The summed E-state index contributed by atoms with van der Waals surface area (Å²) in [5.41, 5.74) is 3.30. The average Bonchev–Trinajstić information content (AvgIpc) is 2.49. The number of thioether (sulfide) groups is 1. The van der Waals surface area contributed by atoms with Crippen molar-refractivity contribution in [1.82, 2.24) is 0 Å². The molecule has 2 aromatic rings. The summed E-state index contributed by atoms with van der Waals surface area (Å²) in [6, 6.07) is 15.6. The molecule has 0 bridgehead atoms. The third kappa shape index (κ3) is 4.83. The number of rotatable bonds is 6. The first-order valence-electron chi connectivity index (χ1n) is 6.75. The Kier molecular flexibility index (Phi) is 5.69. The number of hydrogen-bond acceptors (Lipinski definition) is 3. The van der Waals surface area contributed by atoms with E-state index in [0.29, 0.717) is 5.75 Å². The van der Waals surface area contributed by atoms with Crippen LogP contribution in [0.2, 0.25) is 0 Å². The fourth-order valence-corrected chi connectivity index (χ4v) is 2.83. The van der Waals surface area contributed by atoms with E-state index in [1.165, 1.54) is 11.1 Å². The number of anilines is 1. The number of hydrogen-bond donors (Lipinski definition) is 1. The maximum Gasteiger partial charge on any atom is 0.234 e. The van der Waals surface area contributed by atoms with Crippen LogP contribution in [0.3, 0.4) is 0 Å². The molecule has 0 saturated carbocycles. The van der Waals surface area contributed by atoms with Crippen molar-refractivity contribution in [2.24, 2.45) is 0 Å². The van der Waals surface area contributed by atoms with Crippen molar-refractivity contribution in [3.8, 4) is 5.75 Å². The van der Waals surface area contributed by atoms with E-state index in [0.717, 1.165) is 17.2 Å². The molecule has 0 spiro atoms. The van der Waals surface area contributed by atoms with Crippen molar-refractivity contribution in [2.75, 3.05) is 18.2 Å². The zero-order chi connectivity index (χ0) is 15.1. The molecule has 0 aromatic heterocycles. The van der Waals surface area contributed by atoms with Crippen LogP contribution in [0.4, 0.5) is 5.69 Å². The van der Waals surface area contributed by atoms with Crippen molar-refractivity contribution in [3.63, 3.8) is 0 Å². The molecule has 0 heterocycles. The molecule has 0 fully saturated rings. The molecule has 0 aliphatic heterocycles. The highest BCUT2D eigenvalue weighted by molar-refractivity contribution is 7.99. The summed E-state index contributed by atoms with van der Waals surface area (Å²) >= 11 is 1.61. The molecule has 4 heteroatoms. The van der Waals surface area contributed by atoms with Crippen LogP contribution in [0.15, 0.2) is 48.5 Å². The lowest BCUT2D eigenvalue weighted by molar-refractivity contribution is -0.113. The molecular formula is C17H19NO2S. The highest BCUT2D eigenvalue weighted by Crippen LogP contribution is 2.18. The van der Waals surface area contributed by atoms with Crippen molar-refractivity contribution >= 4 is 23.4 Å². The van der Waals surface area contributed by atoms with Crippen LogP contribution >= 0.6 is 11.8 Å². The van der Waals surface area contributed by atoms with Gasteiger partial charge in [-0.25, -0.2) is 0 Å². The Morgan fingerprint density at radius 3 is 2.76 bits per heavy atom.